The average Bonchev–Trinajstić information content (AvgIpc) is 2.58. The van der Waals surface area contributed by atoms with Gasteiger partial charge in [0.05, 0.1) is 12.7 Å². The van der Waals surface area contributed by atoms with E-state index in [1.54, 1.807) is 31.3 Å². The third-order valence-corrected chi connectivity index (χ3v) is 3.45. The molecule has 0 aromatic heterocycles. The zero-order valence-corrected chi connectivity index (χ0v) is 11.9. The molecule has 2 aromatic rings. The molecule has 0 aliphatic rings. The van der Waals surface area contributed by atoms with Crippen LogP contribution in [0.2, 0.25) is 0 Å². The van der Waals surface area contributed by atoms with E-state index in [0.29, 0.717) is 5.75 Å². The molecule has 0 aliphatic carbocycles. The minimum atomic E-state index is -0.892. The first kappa shape index (κ1) is 15.0. The molecular weight excluding hydrogens is 264 g/mol. The largest absolute Gasteiger partial charge is 0.490 e. The van der Waals surface area contributed by atoms with E-state index in [4.69, 9.17) is 9.84 Å². The number of nitrogens with one attached hydrogen (secondary N) is 1. The van der Waals surface area contributed by atoms with Gasteiger partial charge in [0.2, 0.25) is 0 Å². The van der Waals surface area contributed by atoms with Gasteiger partial charge in [-0.05, 0) is 30.3 Å². The summed E-state index contributed by atoms with van der Waals surface area (Å²) in [6.07, 6.45) is 0. The molecule has 2 N–H and O–H groups in total. The molecular formula is C17H18N2O2. The number of nitrogens with zero attached hydrogens (tertiary/aromatic N) is 1. The molecule has 4 nitrogen and oxygen atoms in total. The molecule has 0 bridgehead atoms. The number of rotatable bonds is 6. The SMILES string of the molecule is CNC(C#N)(COc1ccc(CO)cc1)c1ccccc1. The van der Waals surface area contributed by atoms with Crippen molar-refractivity contribution in [1.82, 2.24) is 5.32 Å². The number of aliphatic hydroxyl groups is 1. The zero-order valence-electron chi connectivity index (χ0n) is 11.9. The Bertz CT molecular complexity index is 605. The normalized spacial score (nSPS) is 13.2. The van der Waals surface area contributed by atoms with Crippen LogP contribution in [0.4, 0.5) is 0 Å². The second kappa shape index (κ2) is 6.89. The van der Waals surface area contributed by atoms with Crippen molar-refractivity contribution in [3.05, 3.63) is 65.7 Å². The lowest BCUT2D eigenvalue weighted by Gasteiger charge is -2.26. The van der Waals surface area contributed by atoms with Crippen molar-refractivity contribution in [3.8, 4) is 11.8 Å². The standard InChI is InChI=1S/C17H18N2O2/c1-19-17(12-18,15-5-3-2-4-6-15)13-21-16-9-7-14(11-20)8-10-16/h2-10,19-20H,11,13H2,1H3. The lowest BCUT2D eigenvalue weighted by molar-refractivity contribution is 0.230. The first-order valence-electron chi connectivity index (χ1n) is 6.72. The van der Waals surface area contributed by atoms with Crippen molar-refractivity contribution in [2.75, 3.05) is 13.7 Å². The van der Waals surface area contributed by atoms with E-state index >= 15 is 0 Å². The Morgan fingerprint density at radius 3 is 2.33 bits per heavy atom. The maximum absolute atomic E-state index is 9.56. The first-order chi connectivity index (χ1) is 10.2. The zero-order chi connectivity index (χ0) is 15.1. The fourth-order valence-corrected chi connectivity index (χ4v) is 2.06. The second-order valence-electron chi connectivity index (χ2n) is 4.72. The predicted molar refractivity (Wildman–Crippen MR) is 80.7 cm³/mol. The summed E-state index contributed by atoms with van der Waals surface area (Å²) in [6, 6.07) is 19.0. The van der Waals surface area contributed by atoms with Gasteiger partial charge in [0.1, 0.15) is 12.4 Å². The van der Waals surface area contributed by atoms with E-state index in [1.165, 1.54) is 0 Å². The summed E-state index contributed by atoms with van der Waals surface area (Å²) in [5.41, 5.74) is 0.796. The van der Waals surface area contributed by atoms with Crippen LogP contribution in [0, 0.1) is 11.3 Å². The molecule has 0 heterocycles. The van der Waals surface area contributed by atoms with E-state index in [-0.39, 0.29) is 13.2 Å². The van der Waals surface area contributed by atoms with Crippen LogP contribution in [-0.2, 0) is 12.1 Å². The Morgan fingerprint density at radius 2 is 1.81 bits per heavy atom. The summed E-state index contributed by atoms with van der Waals surface area (Å²) in [6.45, 7) is 0.200. The molecule has 1 unspecified atom stereocenters. The van der Waals surface area contributed by atoms with E-state index in [2.05, 4.69) is 11.4 Å². The van der Waals surface area contributed by atoms with Crippen LogP contribution >= 0.6 is 0 Å². The van der Waals surface area contributed by atoms with Gasteiger partial charge in [0.15, 0.2) is 5.54 Å². The number of benzene rings is 2. The number of nitriles is 1. The Labute approximate surface area is 124 Å². The smallest absolute Gasteiger partial charge is 0.166 e. The van der Waals surface area contributed by atoms with Gasteiger partial charge in [-0.15, -0.1) is 0 Å². The first-order valence-corrected chi connectivity index (χ1v) is 6.72. The van der Waals surface area contributed by atoms with E-state index in [9.17, 15) is 5.26 Å². The highest BCUT2D eigenvalue weighted by Gasteiger charge is 2.31. The Hall–Kier alpha value is -2.35. The van der Waals surface area contributed by atoms with Crippen LogP contribution in [0.25, 0.3) is 0 Å². The van der Waals surface area contributed by atoms with Gasteiger partial charge in [0.25, 0.3) is 0 Å². The molecule has 21 heavy (non-hydrogen) atoms. The fourth-order valence-electron chi connectivity index (χ4n) is 2.06. The molecule has 0 saturated carbocycles. The van der Waals surface area contributed by atoms with E-state index in [0.717, 1.165) is 11.1 Å². The van der Waals surface area contributed by atoms with Crippen molar-refractivity contribution in [1.29, 1.82) is 5.26 Å². The van der Waals surface area contributed by atoms with Gasteiger partial charge < -0.3 is 9.84 Å². The summed E-state index contributed by atoms with van der Waals surface area (Å²) in [5, 5.41) is 21.6. The van der Waals surface area contributed by atoms with Crippen molar-refractivity contribution in [2.24, 2.45) is 0 Å². The molecule has 0 amide bonds. The molecule has 108 valence electrons. The molecule has 2 aromatic carbocycles. The highest BCUT2D eigenvalue weighted by molar-refractivity contribution is 5.33. The van der Waals surface area contributed by atoms with Crippen LogP contribution in [0.1, 0.15) is 11.1 Å². The van der Waals surface area contributed by atoms with Crippen LogP contribution in [0.5, 0.6) is 5.75 Å². The number of ether oxygens (including phenoxy) is 1. The molecule has 0 aliphatic heterocycles. The average molecular weight is 282 g/mol. The highest BCUT2D eigenvalue weighted by Crippen LogP contribution is 2.22. The second-order valence-corrected chi connectivity index (χ2v) is 4.72. The third-order valence-electron chi connectivity index (χ3n) is 3.45. The van der Waals surface area contributed by atoms with Crippen LogP contribution in [-0.4, -0.2) is 18.8 Å². The fraction of sp³-hybridized carbons (Fsp3) is 0.235. The Balaban J connectivity index is 2.15. The van der Waals surface area contributed by atoms with Gasteiger partial charge in [-0.2, -0.15) is 5.26 Å². The van der Waals surface area contributed by atoms with Gasteiger partial charge >= 0.3 is 0 Å². The molecule has 0 fully saturated rings. The summed E-state index contributed by atoms with van der Waals surface area (Å²) < 4.78 is 5.74. The molecule has 1 atom stereocenters. The van der Waals surface area contributed by atoms with Gasteiger partial charge in [0, 0.05) is 0 Å². The minimum Gasteiger partial charge on any atom is -0.490 e. The maximum atomic E-state index is 9.56. The lowest BCUT2D eigenvalue weighted by Crippen LogP contribution is -2.44. The summed E-state index contributed by atoms with van der Waals surface area (Å²) >= 11 is 0. The monoisotopic (exact) mass is 282 g/mol. The van der Waals surface area contributed by atoms with Crippen LogP contribution in [0.15, 0.2) is 54.6 Å². The third kappa shape index (κ3) is 3.40. The summed E-state index contributed by atoms with van der Waals surface area (Å²) in [4.78, 5) is 0. The van der Waals surface area contributed by atoms with Crippen molar-refractivity contribution in [3.63, 3.8) is 0 Å². The van der Waals surface area contributed by atoms with Crippen LogP contribution < -0.4 is 10.1 Å². The topological polar surface area (TPSA) is 65.3 Å². The molecule has 0 spiro atoms. The van der Waals surface area contributed by atoms with Crippen molar-refractivity contribution < 1.29 is 9.84 Å². The van der Waals surface area contributed by atoms with E-state index < -0.39 is 5.54 Å². The maximum Gasteiger partial charge on any atom is 0.166 e. The van der Waals surface area contributed by atoms with Gasteiger partial charge in [-0.1, -0.05) is 42.5 Å². The quantitative estimate of drug-likeness (QED) is 0.852. The van der Waals surface area contributed by atoms with Crippen LogP contribution in [0.3, 0.4) is 0 Å². The highest BCUT2D eigenvalue weighted by atomic mass is 16.5. The van der Waals surface area contributed by atoms with Crippen molar-refractivity contribution in [2.45, 2.75) is 12.1 Å². The molecule has 4 heteroatoms. The number of hydrogen-bond acceptors (Lipinski definition) is 4. The lowest BCUT2D eigenvalue weighted by atomic mass is 9.92. The van der Waals surface area contributed by atoms with Crippen molar-refractivity contribution >= 4 is 0 Å². The summed E-state index contributed by atoms with van der Waals surface area (Å²) in [7, 11) is 1.74. The van der Waals surface area contributed by atoms with Gasteiger partial charge in [-0.3, -0.25) is 5.32 Å². The van der Waals surface area contributed by atoms with Gasteiger partial charge in [-0.25, -0.2) is 0 Å². The number of likely N-dealkylation sites (N-methyl/N-ethyl adjacent to an activating group) is 1. The minimum absolute atomic E-state index is 0.00292. The predicted octanol–water partition coefficient (Wildman–Crippen LogP) is 2.20. The number of aliphatic hydroxyl groups excluding tert-OH is 1. The molecule has 2 rings (SSSR count). The van der Waals surface area contributed by atoms with E-state index in [1.807, 2.05) is 30.3 Å². The molecule has 0 radical (unpaired) electrons. The Kier molecular flexibility index (Phi) is 4.94. The molecule has 0 saturated heterocycles. The number of hydrogen-bond donors (Lipinski definition) is 2. The Morgan fingerprint density at radius 1 is 1.14 bits per heavy atom. The summed E-state index contributed by atoms with van der Waals surface area (Å²) in [5.74, 6) is 0.665.